The van der Waals surface area contributed by atoms with Gasteiger partial charge in [-0.05, 0) is 0 Å². The summed E-state index contributed by atoms with van der Waals surface area (Å²) in [4.78, 5) is 0. The molecule has 1 heterocycles. The van der Waals surface area contributed by atoms with Gasteiger partial charge in [-0.25, -0.2) is 0 Å². The van der Waals surface area contributed by atoms with Crippen molar-refractivity contribution in [3.8, 4) is 0 Å². The zero-order valence-electron chi connectivity index (χ0n) is 10.4. The van der Waals surface area contributed by atoms with Gasteiger partial charge < -0.3 is 0 Å². The summed E-state index contributed by atoms with van der Waals surface area (Å²) in [6, 6.07) is 0. The SMILES string of the molecule is FC(F)(F)[C](OC(C(F)(F)F)C(F)(F)F)=[Cf][N]1CCOCC1. The number of nitrogens with zero attached hydrogens (tertiary/aromatic N) is 1. The topological polar surface area (TPSA) is 21.7 Å². The Kier molecular flexibility index (Phi) is 5.03. The normalized spacial score (nSPS) is 19.5. The molecule has 0 aromatic rings. The zero-order valence-corrected chi connectivity index (χ0v) is 13.0. The first-order valence-corrected chi connectivity index (χ1v) is 7.97. The van der Waals surface area contributed by atoms with E-state index in [1.807, 2.05) is 0 Å². The van der Waals surface area contributed by atoms with Gasteiger partial charge in [-0.3, -0.25) is 0 Å². The Labute approximate surface area is 113 Å². The molecule has 3 nitrogen and oxygen atoms in total. The molecule has 0 N–H and O–H groups in total. The Bertz CT molecular complexity index is 383. The number of alkyl halides is 9. The quantitative estimate of drug-likeness (QED) is 0.476. The third kappa shape index (κ3) is 5.15. The van der Waals surface area contributed by atoms with E-state index in [0.29, 0.717) is 0 Å². The number of hydrogen-bond acceptors (Lipinski definition) is 3. The van der Waals surface area contributed by atoms with Crippen LogP contribution in [0.3, 0.4) is 0 Å². The molecule has 1 fully saturated rings. The predicted octanol–water partition coefficient (Wildman–Crippen LogP) is 2.52. The first-order chi connectivity index (χ1) is 9.82. The molecule has 0 spiro atoms. The van der Waals surface area contributed by atoms with Crippen LogP contribution >= 0.6 is 0 Å². The van der Waals surface area contributed by atoms with Gasteiger partial charge in [0.05, 0.1) is 0 Å². The van der Waals surface area contributed by atoms with E-state index in [-0.39, 0.29) is 26.3 Å². The molecule has 1 aliphatic rings. The molecule has 135 valence electrons. The van der Waals surface area contributed by atoms with E-state index in [9.17, 15) is 39.5 Å². The van der Waals surface area contributed by atoms with Crippen LogP contribution in [0.5, 0.6) is 0 Å². The number of morpholine rings is 1. The van der Waals surface area contributed by atoms with Crippen molar-refractivity contribution in [1.29, 1.82) is 0 Å². The molecule has 0 aliphatic carbocycles. The van der Waals surface area contributed by atoms with Crippen LogP contribution in [0.15, 0.2) is 0 Å². The molecule has 0 aromatic carbocycles. The van der Waals surface area contributed by atoms with E-state index in [1.165, 1.54) is 0 Å². The zero-order chi connectivity index (χ0) is 17.2. The fourth-order valence-corrected chi connectivity index (χ4v) is 3.84. The summed E-state index contributed by atoms with van der Waals surface area (Å²) in [6.07, 6.45) is -21.9. The molecule has 0 saturated carbocycles. The summed E-state index contributed by atoms with van der Waals surface area (Å²) in [5, 5.41) is 1.14. The van der Waals surface area contributed by atoms with Gasteiger partial charge in [-0.15, -0.1) is 0 Å². The van der Waals surface area contributed by atoms with Gasteiger partial charge in [0.2, 0.25) is 0 Å². The molecule has 0 radical (unpaired) electrons. The minimum atomic E-state index is -5.99. The van der Waals surface area contributed by atoms with Crippen LogP contribution < -0.4 is 0 Å². The van der Waals surface area contributed by atoms with Crippen LogP contribution in [0.1, 0.15) is 0 Å². The van der Waals surface area contributed by atoms with Gasteiger partial charge in [-0.1, -0.05) is 0 Å². The first kappa shape index (κ1) is 18.2. The van der Waals surface area contributed by atoms with Crippen molar-refractivity contribution in [3.05, 3.63) is 0 Å². The van der Waals surface area contributed by atoms with Crippen LogP contribution in [0.2, 0.25) is 0 Å². The molecule has 0 bridgehead atoms. The molecule has 1 rings (SSSR count). The molecule has 0 aromatic heterocycles. The fraction of sp³-hybridized carbons (Fsp3) is 0.889. The third-order valence-corrected chi connectivity index (χ3v) is 5.71. The molecule has 13 heteroatoms. The first-order valence-electron chi connectivity index (χ1n) is 5.48. The second-order valence-electron chi connectivity index (χ2n) is 3.88. The van der Waals surface area contributed by atoms with Crippen molar-refractivity contribution in [1.82, 2.24) is 5.32 Å². The van der Waals surface area contributed by atoms with Gasteiger partial charge in [0, 0.05) is 0 Å². The Hall–Kier alpha value is -1.88. The van der Waals surface area contributed by atoms with E-state index in [4.69, 9.17) is 4.74 Å². The molecule has 0 unspecified atom stereocenters. The van der Waals surface area contributed by atoms with Crippen LogP contribution in [0, 0.1) is 0 Å². The molecular weight excluding hydrogens is 576 g/mol. The Balaban J connectivity index is 3.04. The summed E-state index contributed by atoms with van der Waals surface area (Å²) < 4.78 is 117. The second-order valence-corrected chi connectivity index (χ2v) is 7.33. The Morgan fingerprint density at radius 3 is 1.73 bits per heavy atom. The number of rotatable bonds is 3. The molecule has 22 heavy (non-hydrogen) atoms. The molecule has 1 saturated heterocycles. The van der Waals surface area contributed by atoms with Crippen molar-refractivity contribution in [2.24, 2.45) is 0 Å². The van der Waals surface area contributed by atoms with Crippen molar-refractivity contribution in [3.63, 3.8) is 0 Å². The molecule has 1 aliphatic heterocycles. The molecule has 0 amide bonds. The van der Waals surface area contributed by atoms with Crippen molar-refractivity contribution < 1.29 is 49.0 Å². The second kappa shape index (κ2) is 6.08. The monoisotopic (exact) mass is 583 g/mol. The van der Waals surface area contributed by atoms with E-state index in [1.54, 1.807) is 0 Å². The van der Waals surface area contributed by atoms with E-state index in [2.05, 4.69) is 4.74 Å². The van der Waals surface area contributed by atoms with Crippen molar-refractivity contribution in [2.45, 2.75) is 24.6 Å². The van der Waals surface area contributed by atoms with Gasteiger partial charge in [0.1, 0.15) is 0 Å². The van der Waals surface area contributed by atoms with Crippen molar-refractivity contribution >= 4 is 6.61 Å². The third-order valence-electron chi connectivity index (χ3n) is 2.11. The van der Waals surface area contributed by atoms with Crippen LogP contribution in [-0.2, 0) is 9.47 Å². The Morgan fingerprint density at radius 1 is 0.909 bits per heavy atom. The summed E-state index contributed by atoms with van der Waals surface area (Å²) in [5.74, 6) is 0. The maximum atomic E-state index is 12.7. The van der Waals surface area contributed by atoms with E-state index >= 15 is 0 Å². The summed E-state index contributed by atoms with van der Waals surface area (Å²) in [5.41, 5.74) is 0. The van der Waals surface area contributed by atoms with Gasteiger partial charge in [0.15, 0.2) is 0 Å². The van der Waals surface area contributed by atoms with Crippen molar-refractivity contribution in [2.75, 3.05) is 26.3 Å². The minimum absolute atomic E-state index is 0.00191. The Morgan fingerprint density at radius 2 is 1.36 bits per heavy atom. The van der Waals surface area contributed by atoms with E-state index in [0.717, 1.165) is 5.32 Å². The fourth-order valence-electron chi connectivity index (χ4n) is 1.23. The number of ether oxygens (including phenoxy) is 2. The number of hydrogen-bond donors (Lipinski definition) is 0. The number of halogens is 9. The summed E-state index contributed by atoms with van der Waals surface area (Å²) in [6.45, 7) is -1.97. The van der Waals surface area contributed by atoms with Gasteiger partial charge in [-0.2, -0.15) is 0 Å². The maximum absolute atomic E-state index is 12.7. The molecular formula is C9H9CfF9NO2. The molecule has 0 atom stereocenters. The summed E-state index contributed by atoms with van der Waals surface area (Å²) in [7, 11) is 0. The van der Waals surface area contributed by atoms with Gasteiger partial charge in [0.25, 0.3) is 0 Å². The average Bonchev–Trinajstić information content (AvgIpc) is 2.31. The summed E-state index contributed by atoms with van der Waals surface area (Å²) >= 11 is 0. The van der Waals surface area contributed by atoms with Crippen LogP contribution in [-0.4, -0.2) is 62.9 Å². The van der Waals surface area contributed by atoms with Gasteiger partial charge >= 0.3 is 112 Å². The van der Waals surface area contributed by atoms with Crippen LogP contribution in [0.25, 0.3) is 0 Å². The van der Waals surface area contributed by atoms with E-state index < -0.39 is 31.2 Å². The predicted molar refractivity (Wildman–Crippen MR) is 50.4 cm³/mol. The average molecular weight is 585 g/mol. The standard InChI is InChI=1S/C5HF9O.C4H8NO.Cf/c6-3(7,8)1-15-2(4(9,10)11)5(12,13)14;1-3-6-4-2-5-1;/h2H;1-4H2;/q;-1;+1. The van der Waals surface area contributed by atoms with Crippen LogP contribution in [0.4, 0.5) is 39.5 Å².